The van der Waals surface area contributed by atoms with Gasteiger partial charge in [-0.15, -0.1) is 0 Å². The largest absolute Gasteiger partial charge is 0.472 e. The van der Waals surface area contributed by atoms with E-state index in [-0.39, 0.29) is 32.6 Å². The number of ether oxygens (including phenoxy) is 2. The van der Waals surface area contributed by atoms with Gasteiger partial charge >= 0.3 is 19.8 Å². The fraction of sp³-hybridized carbons (Fsp3) is 0.721. The minimum atomic E-state index is -4.40. The smallest absolute Gasteiger partial charge is 0.462 e. The average molecular weight is 782 g/mol. The number of hydrogen-bond donors (Lipinski definition) is 3. The van der Waals surface area contributed by atoms with Crippen LogP contribution in [0.2, 0.25) is 0 Å². The van der Waals surface area contributed by atoms with Crippen molar-refractivity contribution in [2.75, 3.05) is 26.4 Å². The highest BCUT2D eigenvalue weighted by atomic mass is 31.2. The summed E-state index contributed by atoms with van der Waals surface area (Å²) in [4.78, 5) is 34.8. The molecule has 0 fully saturated rings. The van der Waals surface area contributed by atoms with Gasteiger partial charge in [-0.2, -0.15) is 0 Å². The minimum Gasteiger partial charge on any atom is -0.462 e. The third-order valence-corrected chi connectivity index (χ3v) is 9.45. The summed E-state index contributed by atoms with van der Waals surface area (Å²) in [7, 11) is -4.40. The zero-order valence-corrected chi connectivity index (χ0v) is 34.7. The molecule has 3 atom stereocenters. The summed E-state index contributed by atoms with van der Waals surface area (Å²) in [5, 5.41) is 9.86. The first-order chi connectivity index (χ1) is 26.2. The number of allylic oxidation sites excluding steroid dienone is 8. The van der Waals surface area contributed by atoms with Crippen LogP contribution in [0, 0.1) is 0 Å². The molecule has 0 saturated heterocycles. The van der Waals surface area contributed by atoms with E-state index in [1.54, 1.807) is 6.08 Å². The number of esters is 2. The Hall–Kier alpha value is -2.33. The van der Waals surface area contributed by atoms with E-state index >= 15 is 0 Å². The Labute approximate surface area is 328 Å². The number of unbranched alkanes of at least 4 members (excludes halogenated alkanes) is 15. The molecule has 54 heavy (non-hydrogen) atoms. The molecule has 0 aromatic carbocycles. The van der Waals surface area contributed by atoms with Gasteiger partial charge in [0.1, 0.15) is 6.61 Å². The first-order valence-electron chi connectivity index (χ1n) is 20.9. The summed E-state index contributed by atoms with van der Waals surface area (Å²) in [5.74, 6) is -0.896. The summed E-state index contributed by atoms with van der Waals surface area (Å²) < 4.78 is 32.7. The van der Waals surface area contributed by atoms with Crippen LogP contribution in [0.25, 0.3) is 0 Å². The summed E-state index contributed by atoms with van der Waals surface area (Å²) in [6, 6.07) is 0. The van der Waals surface area contributed by atoms with Gasteiger partial charge in [0, 0.05) is 19.4 Å². The quantitative estimate of drug-likeness (QED) is 0.0181. The number of carbonyl (C=O) groups excluding carboxylic acids is 2. The lowest BCUT2D eigenvalue weighted by Gasteiger charge is -2.19. The van der Waals surface area contributed by atoms with Gasteiger partial charge < -0.3 is 25.2 Å². The van der Waals surface area contributed by atoms with Gasteiger partial charge in [0.05, 0.1) is 19.3 Å². The van der Waals surface area contributed by atoms with Gasteiger partial charge in [0.2, 0.25) is 0 Å². The molecule has 0 rings (SSSR count). The van der Waals surface area contributed by atoms with E-state index in [0.29, 0.717) is 19.3 Å². The van der Waals surface area contributed by atoms with Crippen LogP contribution in [0.3, 0.4) is 0 Å². The van der Waals surface area contributed by atoms with Crippen LogP contribution in [-0.4, -0.2) is 60.5 Å². The molecule has 0 amide bonds. The first-order valence-corrected chi connectivity index (χ1v) is 22.4. The Morgan fingerprint density at radius 1 is 0.667 bits per heavy atom. The van der Waals surface area contributed by atoms with Crippen LogP contribution >= 0.6 is 7.82 Å². The van der Waals surface area contributed by atoms with Gasteiger partial charge in [-0.1, -0.05) is 139 Å². The van der Waals surface area contributed by atoms with Crippen LogP contribution < -0.4 is 5.73 Å². The third kappa shape index (κ3) is 38.0. The Bertz CT molecular complexity index is 1090. The van der Waals surface area contributed by atoms with Crippen LogP contribution in [0.5, 0.6) is 0 Å². The molecule has 0 saturated carbocycles. The minimum absolute atomic E-state index is 0.0384. The highest BCUT2D eigenvalue weighted by molar-refractivity contribution is 7.47. The first kappa shape index (κ1) is 51.7. The van der Waals surface area contributed by atoms with E-state index in [1.165, 1.54) is 44.9 Å². The number of aliphatic hydroxyl groups excluding tert-OH is 1. The van der Waals surface area contributed by atoms with Crippen molar-refractivity contribution in [2.45, 2.75) is 174 Å². The SMILES string of the molecule is CC/C=C/CC(O)/C=C/C=C/CCCCCCCC(=O)OC[C@H](COP(=O)(O)OCCN)OC(=O)CCCCCCCCC/C=C\C/C=C\CCCCC. The summed E-state index contributed by atoms with van der Waals surface area (Å²) >= 11 is 0. The molecule has 0 radical (unpaired) electrons. The van der Waals surface area contributed by atoms with Crippen molar-refractivity contribution in [3.05, 3.63) is 60.8 Å². The van der Waals surface area contributed by atoms with Gasteiger partial charge in [0.15, 0.2) is 6.10 Å². The van der Waals surface area contributed by atoms with Crippen LogP contribution in [-0.2, 0) is 32.7 Å². The van der Waals surface area contributed by atoms with Crippen molar-refractivity contribution in [1.82, 2.24) is 0 Å². The molecule has 0 aliphatic carbocycles. The van der Waals surface area contributed by atoms with E-state index in [1.807, 2.05) is 24.3 Å². The number of aliphatic hydroxyl groups is 1. The van der Waals surface area contributed by atoms with Gasteiger partial charge in [-0.05, 0) is 70.6 Å². The van der Waals surface area contributed by atoms with Crippen molar-refractivity contribution in [1.29, 1.82) is 0 Å². The monoisotopic (exact) mass is 782 g/mol. The number of rotatable bonds is 38. The van der Waals surface area contributed by atoms with Crippen LogP contribution in [0.4, 0.5) is 0 Å². The van der Waals surface area contributed by atoms with Crippen LogP contribution in [0.15, 0.2) is 60.8 Å². The molecule has 0 spiro atoms. The molecule has 0 aromatic rings. The lowest BCUT2D eigenvalue weighted by atomic mass is 10.1. The van der Waals surface area contributed by atoms with Gasteiger partial charge in [-0.25, -0.2) is 4.57 Å². The van der Waals surface area contributed by atoms with Gasteiger partial charge in [0.25, 0.3) is 0 Å². The number of phosphoric ester groups is 1. The maximum Gasteiger partial charge on any atom is 0.472 e. The normalized spacial score (nSPS) is 14.5. The Kier molecular flexibility index (Phi) is 37.2. The van der Waals surface area contributed by atoms with Gasteiger partial charge in [-0.3, -0.25) is 18.6 Å². The molecule has 10 nitrogen and oxygen atoms in total. The van der Waals surface area contributed by atoms with Crippen molar-refractivity contribution >= 4 is 19.8 Å². The highest BCUT2D eigenvalue weighted by Gasteiger charge is 2.26. The second-order valence-electron chi connectivity index (χ2n) is 13.7. The Morgan fingerprint density at radius 3 is 1.85 bits per heavy atom. The molecule has 312 valence electrons. The second kappa shape index (κ2) is 38.9. The molecule has 11 heteroatoms. The summed E-state index contributed by atoms with van der Waals surface area (Å²) in [6.45, 7) is 3.43. The average Bonchev–Trinajstić information content (AvgIpc) is 3.15. The fourth-order valence-corrected chi connectivity index (χ4v) is 6.11. The number of nitrogens with two attached hydrogens (primary N) is 1. The lowest BCUT2D eigenvalue weighted by Crippen LogP contribution is -2.29. The van der Waals surface area contributed by atoms with E-state index in [0.717, 1.165) is 70.6 Å². The predicted molar refractivity (Wildman–Crippen MR) is 221 cm³/mol. The number of carbonyl (C=O) groups is 2. The number of hydrogen-bond acceptors (Lipinski definition) is 9. The van der Waals surface area contributed by atoms with Crippen molar-refractivity contribution in [3.63, 3.8) is 0 Å². The molecular formula is C43H76NO9P. The molecule has 0 aliphatic heterocycles. The van der Waals surface area contributed by atoms with E-state index in [4.69, 9.17) is 24.3 Å². The zero-order valence-electron chi connectivity index (χ0n) is 33.8. The van der Waals surface area contributed by atoms with Crippen molar-refractivity contribution < 1.29 is 42.7 Å². The van der Waals surface area contributed by atoms with E-state index < -0.39 is 38.6 Å². The molecule has 0 aliphatic rings. The third-order valence-electron chi connectivity index (χ3n) is 8.47. The molecule has 2 unspecified atom stereocenters. The maximum atomic E-state index is 12.6. The molecule has 0 aromatic heterocycles. The zero-order chi connectivity index (χ0) is 39.8. The summed E-state index contributed by atoms with van der Waals surface area (Å²) in [5.41, 5.74) is 5.34. The van der Waals surface area contributed by atoms with E-state index in [2.05, 4.69) is 44.2 Å². The standard InChI is InChI=1S/C43H76NO9P/c1-3-5-7-8-9-10-11-12-13-14-15-16-17-20-24-27-31-35-43(47)53-41(39-52-54(48,49)51-37-36-44)38-50-42(46)34-30-26-23-21-18-19-22-25-29-33-40(45)32-28-6-4-2/h6,9-10,12-13,22,25,28-29,33,40-41,45H,3-5,7-8,11,14-21,23-24,26-27,30-32,34-39,44H2,1-2H3,(H,48,49)/b10-9-,13-12-,25-22+,28-6+,33-29+/t40?,41-/m1/s1. The predicted octanol–water partition coefficient (Wildman–Crippen LogP) is 10.7. The Balaban J connectivity index is 4.26. The number of phosphoric acid groups is 1. The van der Waals surface area contributed by atoms with Crippen molar-refractivity contribution in [3.8, 4) is 0 Å². The highest BCUT2D eigenvalue weighted by Crippen LogP contribution is 2.43. The molecular weight excluding hydrogens is 705 g/mol. The molecule has 0 heterocycles. The molecule has 0 bridgehead atoms. The lowest BCUT2D eigenvalue weighted by molar-refractivity contribution is -0.161. The summed E-state index contributed by atoms with van der Waals surface area (Å²) in [6.07, 6.45) is 41.5. The molecule has 4 N–H and O–H groups in total. The Morgan fingerprint density at radius 2 is 1.24 bits per heavy atom. The van der Waals surface area contributed by atoms with Crippen molar-refractivity contribution in [2.24, 2.45) is 5.73 Å². The topological polar surface area (TPSA) is 155 Å². The fourth-order valence-electron chi connectivity index (χ4n) is 5.35. The maximum absolute atomic E-state index is 12.6. The van der Waals surface area contributed by atoms with Crippen LogP contribution in [0.1, 0.15) is 162 Å². The second-order valence-corrected chi connectivity index (χ2v) is 15.1. The van der Waals surface area contributed by atoms with E-state index in [9.17, 15) is 24.2 Å².